The van der Waals surface area contributed by atoms with E-state index in [-0.39, 0.29) is 34.4 Å². The average Bonchev–Trinajstić information content (AvgIpc) is 3.06. The molecule has 0 aromatic carbocycles. The summed E-state index contributed by atoms with van der Waals surface area (Å²) in [6.45, 7) is 10.1. The Morgan fingerprint density at radius 2 is 1.88 bits per heavy atom. The number of rotatable bonds is 3. The normalized spacial score (nSPS) is 44.3. The molecule has 1 N–H and O–H groups in total. The number of carbonyl (C=O) groups is 1. The molecule has 4 aliphatic carbocycles. The maximum absolute atomic E-state index is 12.3. The molecule has 5 heteroatoms. The molecule has 0 bridgehead atoms. The second-order valence-corrected chi connectivity index (χ2v) is 11.9. The summed E-state index contributed by atoms with van der Waals surface area (Å²) < 4.78 is 10.9. The Balaban J connectivity index is 1.37. The summed E-state index contributed by atoms with van der Waals surface area (Å²) in [5, 5.41) is 12.3. The second-order valence-electron chi connectivity index (χ2n) is 11.9. The number of ether oxygens (including phenoxy) is 1. The van der Waals surface area contributed by atoms with Gasteiger partial charge >= 0.3 is 11.6 Å². The maximum atomic E-state index is 12.3. The van der Waals surface area contributed by atoms with E-state index in [1.54, 1.807) is 13.2 Å². The van der Waals surface area contributed by atoms with Gasteiger partial charge < -0.3 is 14.3 Å². The van der Waals surface area contributed by atoms with Gasteiger partial charge in [0.1, 0.15) is 6.10 Å². The van der Waals surface area contributed by atoms with Crippen molar-refractivity contribution in [2.75, 3.05) is 0 Å². The highest BCUT2D eigenvalue weighted by Crippen LogP contribution is 2.70. The molecule has 33 heavy (non-hydrogen) atoms. The van der Waals surface area contributed by atoms with E-state index in [1.165, 1.54) is 6.07 Å². The summed E-state index contributed by atoms with van der Waals surface area (Å²) >= 11 is 0. The van der Waals surface area contributed by atoms with Gasteiger partial charge in [-0.15, -0.1) is 0 Å². The van der Waals surface area contributed by atoms with Crippen LogP contribution in [-0.4, -0.2) is 22.8 Å². The van der Waals surface area contributed by atoms with Crippen molar-refractivity contribution in [2.24, 2.45) is 28.6 Å². The highest BCUT2D eigenvalue weighted by atomic mass is 16.5. The Kier molecular flexibility index (Phi) is 5.43. The molecule has 4 saturated carbocycles. The van der Waals surface area contributed by atoms with Gasteiger partial charge in [0.05, 0.1) is 11.9 Å². The molecule has 1 aromatic heterocycles. The first-order valence-electron chi connectivity index (χ1n) is 12.8. The first-order valence-corrected chi connectivity index (χ1v) is 12.8. The number of aliphatic hydroxyl groups is 1. The van der Waals surface area contributed by atoms with Crippen LogP contribution in [0.5, 0.6) is 0 Å². The zero-order valence-corrected chi connectivity index (χ0v) is 20.3. The second kappa shape index (κ2) is 7.83. The molecular formula is C28H38O5. The monoisotopic (exact) mass is 454 g/mol. The lowest BCUT2D eigenvalue weighted by atomic mass is 9.43. The van der Waals surface area contributed by atoms with Crippen molar-refractivity contribution >= 4 is 5.97 Å². The van der Waals surface area contributed by atoms with E-state index in [2.05, 4.69) is 20.4 Å². The number of carbonyl (C=O) groups excluding carboxylic acids is 1. The summed E-state index contributed by atoms with van der Waals surface area (Å²) in [5.41, 5.74) is 0.487. The Morgan fingerprint density at radius 3 is 2.58 bits per heavy atom. The minimum atomic E-state index is -0.687. The molecule has 0 amide bonds. The quantitative estimate of drug-likeness (QED) is 0.491. The predicted molar refractivity (Wildman–Crippen MR) is 126 cm³/mol. The largest absolute Gasteiger partial charge is 0.459 e. The van der Waals surface area contributed by atoms with Gasteiger partial charge in [0.25, 0.3) is 0 Å². The van der Waals surface area contributed by atoms with E-state index in [0.717, 1.165) is 63.4 Å². The third kappa shape index (κ3) is 3.37. The number of hydrogen-bond donors (Lipinski definition) is 1. The lowest BCUT2D eigenvalue weighted by Crippen LogP contribution is -2.62. The van der Waals surface area contributed by atoms with Crippen LogP contribution in [0.15, 0.2) is 39.8 Å². The highest BCUT2D eigenvalue weighted by molar-refractivity contribution is 5.87. The molecule has 0 unspecified atom stereocenters. The molecule has 180 valence electrons. The SMILES string of the molecule is C=C(C)C(=O)O[C@H]1CC[C@@]2(C)[C@H](CC[C@@H]3[C@@H]2CC[C@]2(C)[C@@H](c4ccc(=O)oc4)CC[C@]32O)C1. The van der Waals surface area contributed by atoms with Crippen molar-refractivity contribution in [1.29, 1.82) is 0 Å². The van der Waals surface area contributed by atoms with E-state index in [1.807, 2.05) is 6.07 Å². The molecule has 0 radical (unpaired) electrons. The smallest absolute Gasteiger partial charge is 0.335 e. The van der Waals surface area contributed by atoms with Gasteiger partial charge in [0.15, 0.2) is 0 Å². The van der Waals surface area contributed by atoms with Crippen molar-refractivity contribution in [3.63, 3.8) is 0 Å². The van der Waals surface area contributed by atoms with Crippen LogP contribution in [-0.2, 0) is 9.53 Å². The molecule has 4 fully saturated rings. The summed E-state index contributed by atoms with van der Waals surface area (Å²) in [6.07, 6.45) is 10.5. The van der Waals surface area contributed by atoms with Gasteiger partial charge in [0, 0.05) is 17.1 Å². The van der Waals surface area contributed by atoms with Crippen molar-refractivity contribution in [3.8, 4) is 0 Å². The zero-order valence-electron chi connectivity index (χ0n) is 20.3. The molecule has 8 atom stereocenters. The first-order chi connectivity index (χ1) is 15.6. The molecule has 5 nitrogen and oxygen atoms in total. The average molecular weight is 455 g/mol. The van der Waals surface area contributed by atoms with Crippen LogP contribution in [0.25, 0.3) is 0 Å². The summed E-state index contributed by atoms with van der Waals surface area (Å²) in [4.78, 5) is 23.6. The van der Waals surface area contributed by atoms with Gasteiger partial charge in [-0.3, -0.25) is 0 Å². The lowest BCUT2D eigenvalue weighted by Gasteiger charge is -2.63. The van der Waals surface area contributed by atoms with Crippen LogP contribution in [0.3, 0.4) is 0 Å². The van der Waals surface area contributed by atoms with Crippen LogP contribution < -0.4 is 5.63 Å². The van der Waals surface area contributed by atoms with Crippen molar-refractivity contribution in [1.82, 2.24) is 0 Å². The fourth-order valence-electron chi connectivity index (χ4n) is 8.65. The fraction of sp³-hybridized carbons (Fsp3) is 0.714. The Morgan fingerprint density at radius 1 is 1.09 bits per heavy atom. The molecular weight excluding hydrogens is 416 g/mol. The number of fused-ring (bicyclic) bond motifs is 5. The van der Waals surface area contributed by atoms with E-state index in [9.17, 15) is 14.7 Å². The third-order valence-corrected chi connectivity index (χ3v) is 10.6. The lowest BCUT2D eigenvalue weighted by molar-refractivity contribution is -0.207. The molecule has 4 aliphatic rings. The van der Waals surface area contributed by atoms with Gasteiger partial charge in [0.2, 0.25) is 0 Å². The third-order valence-electron chi connectivity index (χ3n) is 10.6. The minimum Gasteiger partial charge on any atom is -0.459 e. The van der Waals surface area contributed by atoms with Crippen LogP contribution in [0.2, 0.25) is 0 Å². The Labute approximate surface area is 196 Å². The van der Waals surface area contributed by atoms with Crippen LogP contribution >= 0.6 is 0 Å². The van der Waals surface area contributed by atoms with Gasteiger partial charge in [-0.2, -0.15) is 0 Å². The van der Waals surface area contributed by atoms with E-state index in [4.69, 9.17) is 9.15 Å². The highest BCUT2D eigenvalue weighted by Gasteiger charge is 2.67. The summed E-state index contributed by atoms with van der Waals surface area (Å²) in [7, 11) is 0. The molecule has 1 heterocycles. The van der Waals surface area contributed by atoms with Gasteiger partial charge in [-0.25, -0.2) is 9.59 Å². The van der Waals surface area contributed by atoms with Gasteiger partial charge in [-0.05, 0) is 105 Å². The van der Waals surface area contributed by atoms with Crippen molar-refractivity contribution < 1.29 is 19.1 Å². The van der Waals surface area contributed by atoms with Crippen LogP contribution in [0.1, 0.15) is 90.0 Å². The Hall–Kier alpha value is -1.88. The molecule has 1 aromatic rings. The summed E-state index contributed by atoms with van der Waals surface area (Å²) in [5.74, 6) is 1.28. The first kappa shape index (κ1) is 22.9. The maximum Gasteiger partial charge on any atom is 0.335 e. The number of hydrogen-bond acceptors (Lipinski definition) is 5. The molecule has 0 saturated heterocycles. The predicted octanol–water partition coefficient (Wildman–Crippen LogP) is 5.37. The van der Waals surface area contributed by atoms with Crippen molar-refractivity contribution in [3.05, 3.63) is 46.5 Å². The van der Waals surface area contributed by atoms with Crippen LogP contribution in [0, 0.1) is 28.6 Å². The Bertz CT molecular complexity index is 991. The zero-order chi connectivity index (χ0) is 23.6. The topological polar surface area (TPSA) is 76.7 Å². The molecule has 0 aliphatic heterocycles. The van der Waals surface area contributed by atoms with E-state index in [0.29, 0.717) is 23.3 Å². The fourth-order valence-corrected chi connectivity index (χ4v) is 8.65. The summed E-state index contributed by atoms with van der Waals surface area (Å²) in [6, 6.07) is 3.40. The van der Waals surface area contributed by atoms with Crippen LogP contribution in [0.4, 0.5) is 0 Å². The van der Waals surface area contributed by atoms with Crippen molar-refractivity contribution in [2.45, 2.75) is 96.2 Å². The van der Waals surface area contributed by atoms with E-state index >= 15 is 0 Å². The minimum absolute atomic E-state index is 0.00985. The number of esters is 1. The molecule has 0 spiro atoms. The standard InChI is InChI=1S/C28H38O5/c1-17(2)25(30)33-20-9-12-26(3)19(15-20)6-7-23-22(26)10-13-27(4)21(11-14-28(23,27)31)18-5-8-24(29)32-16-18/h5,8,16,19-23,31H,1,6-7,9-15H2,2-4H3/t19-,20+,21-,22+,23-,26+,27-,28+/m1/s1. The van der Waals surface area contributed by atoms with E-state index < -0.39 is 5.60 Å². The molecule has 5 rings (SSSR count). The van der Waals surface area contributed by atoms with Gasteiger partial charge in [-0.1, -0.05) is 20.4 Å².